The zero-order valence-electron chi connectivity index (χ0n) is 15.2. The van der Waals surface area contributed by atoms with Gasteiger partial charge in [0, 0.05) is 29.7 Å². The van der Waals surface area contributed by atoms with Crippen molar-refractivity contribution in [1.29, 1.82) is 0 Å². The number of sulfonamides is 1. The van der Waals surface area contributed by atoms with E-state index in [1.165, 1.54) is 10.4 Å². The fourth-order valence-electron chi connectivity index (χ4n) is 3.28. The molecule has 0 aromatic heterocycles. The molecule has 1 aliphatic heterocycles. The standard InChI is InChI=1S/C20H23ClN2O3S/c1-15-7-4-5-12-23(15)27(25,26)18-10-6-9-16(13-18)20(24)22-14-17-8-2-3-11-19(17)21/h2-3,6,8-11,13,15H,4-5,7,12,14H2,1H3,(H,22,24)/t15-/m0/s1. The van der Waals surface area contributed by atoms with E-state index in [1.54, 1.807) is 24.3 Å². The summed E-state index contributed by atoms with van der Waals surface area (Å²) in [5.74, 6) is -0.335. The van der Waals surface area contributed by atoms with Crippen molar-refractivity contribution < 1.29 is 13.2 Å². The number of piperidine rings is 1. The van der Waals surface area contributed by atoms with Gasteiger partial charge in [-0.2, -0.15) is 4.31 Å². The number of carbonyl (C=O) groups is 1. The number of benzene rings is 2. The molecule has 1 atom stereocenters. The summed E-state index contributed by atoms with van der Waals surface area (Å²) in [6, 6.07) is 13.4. The van der Waals surface area contributed by atoms with Crippen molar-refractivity contribution in [2.75, 3.05) is 6.54 Å². The summed E-state index contributed by atoms with van der Waals surface area (Å²) < 4.78 is 27.5. The minimum absolute atomic E-state index is 0.0264. The summed E-state index contributed by atoms with van der Waals surface area (Å²) in [7, 11) is -3.61. The first kappa shape index (κ1) is 19.9. The lowest BCUT2D eigenvalue weighted by Crippen LogP contribution is -2.42. The Kier molecular flexibility index (Phi) is 6.19. The fourth-order valence-corrected chi connectivity index (χ4v) is 5.23. The van der Waals surface area contributed by atoms with Crippen molar-refractivity contribution in [3.63, 3.8) is 0 Å². The van der Waals surface area contributed by atoms with Gasteiger partial charge in [0.25, 0.3) is 5.91 Å². The van der Waals surface area contributed by atoms with Gasteiger partial charge in [0.1, 0.15) is 0 Å². The molecule has 7 heteroatoms. The van der Waals surface area contributed by atoms with E-state index in [1.807, 2.05) is 25.1 Å². The third kappa shape index (κ3) is 4.51. The van der Waals surface area contributed by atoms with Crippen molar-refractivity contribution in [1.82, 2.24) is 9.62 Å². The molecule has 1 N–H and O–H groups in total. The van der Waals surface area contributed by atoms with Gasteiger partial charge in [0.2, 0.25) is 10.0 Å². The van der Waals surface area contributed by atoms with Crippen LogP contribution in [0.2, 0.25) is 5.02 Å². The lowest BCUT2D eigenvalue weighted by molar-refractivity contribution is 0.0950. The van der Waals surface area contributed by atoms with E-state index < -0.39 is 10.0 Å². The average molecular weight is 407 g/mol. The predicted octanol–water partition coefficient (Wildman–Crippen LogP) is 3.83. The lowest BCUT2D eigenvalue weighted by atomic mass is 10.1. The molecule has 0 bridgehead atoms. The quantitative estimate of drug-likeness (QED) is 0.820. The Morgan fingerprint density at radius 3 is 2.70 bits per heavy atom. The van der Waals surface area contributed by atoms with E-state index in [9.17, 15) is 13.2 Å². The molecular formula is C20H23ClN2O3S. The summed E-state index contributed by atoms with van der Waals surface area (Å²) in [5, 5.41) is 3.37. The topological polar surface area (TPSA) is 66.5 Å². The Balaban J connectivity index is 1.76. The van der Waals surface area contributed by atoms with Gasteiger partial charge in [0.05, 0.1) is 4.90 Å². The molecule has 0 aliphatic carbocycles. The molecule has 1 heterocycles. The zero-order chi connectivity index (χ0) is 19.4. The monoisotopic (exact) mass is 406 g/mol. The van der Waals surface area contributed by atoms with Gasteiger partial charge < -0.3 is 5.32 Å². The smallest absolute Gasteiger partial charge is 0.251 e. The summed E-state index contributed by atoms with van der Waals surface area (Å²) in [4.78, 5) is 12.6. The van der Waals surface area contributed by atoms with Gasteiger partial charge >= 0.3 is 0 Å². The van der Waals surface area contributed by atoms with Crippen molar-refractivity contribution >= 4 is 27.5 Å². The van der Waals surface area contributed by atoms with E-state index in [-0.39, 0.29) is 23.4 Å². The summed E-state index contributed by atoms with van der Waals surface area (Å²) in [5.41, 5.74) is 1.12. The van der Waals surface area contributed by atoms with Gasteiger partial charge in [-0.3, -0.25) is 4.79 Å². The van der Waals surface area contributed by atoms with Gasteiger partial charge in [-0.25, -0.2) is 8.42 Å². The number of amides is 1. The van der Waals surface area contributed by atoms with Crippen LogP contribution in [0.1, 0.15) is 42.1 Å². The molecule has 1 aliphatic rings. The van der Waals surface area contributed by atoms with E-state index in [4.69, 9.17) is 11.6 Å². The molecule has 1 fully saturated rings. The number of nitrogens with zero attached hydrogens (tertiary/aromatic N) is 1. The average Bonchev–Trinajstić information content (AvgIpc) is 2.67. The molecule has 0 radical (unpaired) electrons. The maximum absolute atomic E-state index is 13.0. The zero-order valence-corrected chi connectivity index (χ0v) is 16.8. The first-order valence-corrected chi connectivity index (χ1v) is 10.8. The van der Waals surface area contributed by atoms with Crippen molar-refractivity contribution in [2.45, 2.75) is 43.7 Å². The molecule has 1 saturated heterocycles. The highest BCUT2D eigenvalue weighted by Crippen LogP contribution is 2.25. The van der Waals surface area contributed by atoms with Crippen LogP contribution in [0.4, 0.5) is 0 Å². The number of hydrogen-bond acceptors (Lipinski definition) is 3. The van der Waals surface area contributed by atoms with Gasteiger partial charge in [-0.05, 0) is 49.6 Å². The van der Waals surface area contributed by atoms with Crippen LogP contribution in [-0.2, 0) is 16.6 Å². The van der Waals surface area contributed by atoms with Crippen LogP contribution in [0.15, 0.2) is 53.4 Å². The SMILES string of the molecule is C[C@H]1CCCCN1S(=O)(=O)c1cccc(C(=O)NCc2ccccc2Cl)c1. The summed E-state index contributed by atoms with van der Waals surface area (Å²) in [6.07, 6.45) is 2.76. The number of nitrogens with one attached hydrogen (secondary N) is 1. The molecule has 2 aromatic rings. The molecule has 0 spiro atoms. The van der Waals surface area contributed by atoms with Crippen LogP contribution in [0.5, 0.6) is 0 Å². The Hall–Kier alpha value is -1.89. The van der Waals surface area contributed by atoms with E-state index >= 15 is 0 Å². The van der Waals surface area contributed by atoms with Crippen molar-refractivity contribution in [3.8, 4) is 0 Å². The van der Waals surface area contributed by atoms with E-state index in [0.717, 1.165) is 24.8 Å². The van der Waals surface area contributed by atoms with Gasteiger partial charge in [0.15, 0.2) is 0 Å². The predicted molar refractivity (Wildman–Crippen MR) is 106 cm³/mol. The molecule has 2 aromatic carbocycles. The van der Waals surface area contributed by atoms with Crippen LogP contribution >= 0.6 is 11.6 Å². The second kappa shape index (κ2) is 8.42. The van der Waals surface area contributed by atoms with E-state index in [2.05, 4.69) is 5.32 Å². The molecule has 144 valence electrons. The van der Waals surface area contributed by atoms with Crippen LogP contribution in [-0.4, -0.2) is 31.2 Å². The Bertz CT molecular complexity index is 930. The highest BCUT2D eigenvalue weighted by molar-refractivity contribution is 7.89. The first-order valence-electron chi connectivity index (χ1n) is 9.03. The number of hydrogen-bond donors (Lipinski definition) is 1. The molecule has 27 heavy (non-hydrogen) atoms. The van der Waals surface area contributed by atoms with Crippen LogP contribution < -0.4 is 5.32 Å². The minimum Gasteiger partial charge on any atom is -0.348 e. The van der Waals surface area contributed by atoms with E-state index in [0.29, 0.717) is 17.1 Å². The molecule has 3 rings (SSSR count). The summed E-state index contributed by atoms with van der Waals surface area (Å²) in [6.45, 7) is 2.72. The highest BCUT2D eigenvalue weighted by atomic mass is 35.5. The molecule has 0 unspecified atom stereocenters. The maximum Gasteiger partial charge on any atom is 0.251 e. The van der Waals surface area contributed by atoms with Gasteiger partial charge in [-0.15, -0.1) is 0 Å². The third-order valence-electron chi connectivity index (χ3n) is 4.84. The number of rotatable bonds is 5. The largest absolute Gasteiger partial charge is 0.348 e. The van der Waals surface area contributed by atoms with Crippen molar-refractivity contribution in [2.24, 2.45) is 0 Å². The van der Waals surface area contributed by atoms with Crippen molar-refractivity contribution in [3.05, 3.63) is 64.7 Å². The molecular weight excluding hydrogens is 384 g/mol. The Morgan fingerprint density at radius 1 is 1.19 bits per heavy atom. The third-order valence-corrected chi connectivity index (χ3v) is 7.22. The fraction of sp³-hybridized carbons (Fsp3) is 0.350. The Labute approximate surface area is 165 Å². The molecule has 1 amide bonds. The van der Waals surface area contributed by atoms with Crippen LogP contribution in [0.25, 0.3) is 0 Å². The Morgan fingerprint density at radius 2 is 1.96 bits per heavy atom. The minimum atomic E-state index is -3.61. The second-order valence-corrected chi connectivity index (χ2v) is 9.06. The second-order valence-electron chi connectivity index (χ2n) is 6.76. The number of carbonyl (C=O) groups excluding carboxylic acids is 1. The molecule has 5 nitrogen and oxygen atoms in total. The maximum atomic E-state index is 13.0. The highest BCUT2D eigenvalue weighted by Gasteiger charge is 2.31. The van der Waals surface area contributed by atoms with Gasteiger partial charge in [-0.1, -0.05) is 42.3 Å². The summed E-state index contributed by atoms with van der Waals surface area (Å²) >= 11 is 6.10. The normalized spacial score (nSPS) is 18.2. The van der Waals surface area contributed by atoms with Crippen LogP contribution in [0, 0.1) is 0 Å². The molecule has 0 saturated carbocycles. The van der Waals surface area contributed by atoms with Crippen LogP contribution in [0.3, 0.4) is 0 Å². The number of halogens is 1. The first-order chi connectivity index (χ1) is 12.9. The lowest BCUT2D eigenvalue weighted by Gasteiger charge is -2.32.